The number of nitrogens with zero attached hydrogens (tertiary/aromatic N) is 2. The predicted octanol–water partition coefficient (Wildman–Crippen LogP) is 2.59. The zero-order valence-electron chi connectivity index (χ0n) is 10.3. The van der Waals surface area contributed by atoms with Gasteiger partial charge in [-0.15, -0.1) is 0 Å². The maximum absolute atomic E-state index is 6.01. The summed E-state index contributed by atoms with van der Waals surface area (Å²) in [5.74, 6) is 2.23. The molecule has 0 aromatic carbocycles. The van der Waals surface area contributed by atoms with Gasteiger partial charge in [0.15, 0.2) is 0 Å². The van der Waals surface area contributed by atoms with Crippen LogP contribution in [-0.4, -0.2) is 29.7 Å². The smallest absolute Gasteiger partial charge is 0.137 e. The monoisotopic (exact) mass is 255 g/mol. The standard InChI is InChI=1S/C12H18ClN3O/c1-8-11(13)15-9(2)16-12(8)14-5-3-10-4-6-17-7-10/h10H,3-7H2,1-2H3,(H,14,15,16). The van der Waals surface area contributed by atoms with E-state index in [9.17, 15) is 0 Å². The molecular weight excluding hydrogens is 238 g/mol. The SMILES string of the molecule is Cc1nc(Cl)c(C)c(NCCC2CCOC2)n1. The number of aryl methyl sites for hydroxylation is 1. The number of aromatic nitrogens is 2. The van der Waals surface area contributed by atoms with Crippen molar-refractivity contribution in [3.8, 4) is 0 Å². The highest BCUT2D eigenvalue weighted by atomic mass is 35.5. The van der Waals surface area contributed by atoms with Gasteiger partial charge in [-0.25, -0.2) is 9.97 Å². The summed E-state index contributed by atoms with van der Waals surface area (Å²) in [6.45, 7) is 6.48. The fraction of sp³-hybridized carbons (Fsp3) is 0.667. The van der Waals surface area contributed by atoms with Crippen LogP contribution in [-0.2, 0) is 4.74 Å². The molecule has 4 nitrogen and oxygen atoms in total. The highest BCUT2D eigenvalue weighted by Gasteiger charge is 2.15. The summed E-state index contributed by atoms with van der Waals surface area (Å²) in [5.41, 5.74) is 0.917. The van der Waals surface area contributed by atoms with Crippen molar-refractivity contribution in [3.63, 3.8) is 0 Å². The Kier molecular flexibility index (Phi) is 4.18. The van der Waals surface area contributed by atoms with Crippen LogP contribution in [0.25, 0.3) is 0 Å². The summed E-state index contributed by atoms with van der Waals surface area (Å²) in [4.78, 5) is 8.47. The molecule has 0 saturated carbocycles. The summed E-state index contributed by atoms with van der Waals surface area (Å²) >= 11 is 6.01. The normalized spacial score (nSPS) is 19.6. The second kappa shape index (κ2) is 5.65. The van der Waals surface area contributed by atoms with E-state index < -0.39 is 0 Å². The molecule has 1 N–H and O–H groups in total. The Hall–Kier alpha value is -0.870. The van der Waals surface area contributed by atoms with Gasteiger partial charge in [0.1, 0.15) is 16.8 Å². The van der Waals surface area contributed by atoms with E-state index in [1.54, 1.807) is 0 Å². The molecule has 1 aromatic rings. The lowest BCUT2D eigenvalue weighted by Crippen LogP contribution is -2.11. The molecule has 5 heteroatoms. The molecule has 2 rings (SSSR count). The largest absolute Gasteiger partial charge is 0.381 e. The molecule has 0 radical (unpaired) electrons. The fourth-order valence-corrected chi connectivity index (χ4v) is 2.18. The third kappa shape index (κ3) is 3.30. The van der Waals surface area contributed by atoms with Gasteiger partial charge >= 0.3 is 0 Å². The molecule has 1 fully saturated rings. The summed E-state index contributed by atoms with van der Waals surface area (Å²) in [6, 6.07) is 0. The fourth-order valence-electron chi connectivity index (χ4n) is 1.97. The van der Waals surface area contributed by atoms with Gasteiger partial charge < -0.3 is 10.1 Å². The van der Waals surface area contributed by atoms with E-state index in [1.807, 2.05) is 13.8 Å². The summed E-state index contributed by atoms with van der Waals surface area (Å²) in [7, 11) is 0. The number of anilines is 1. The van der Waals surface area contributed by atoms with Crippen molar-refractivity contribution in [1.82, 2.24) is 9.97 Å². The van der Waals surface area contributed by atoms with Crippen molar-refractivity contribution < 1.29 is 4.74 Å². The Morgan fingerprint density at radius 1 is 1.41 bits per heavy atom. The number of rotatable bonds is 4. The van der Waals surface area contributed by atoms with E-state index in [0.717, 1.165) is 37.6 Å². The molecule has 1 aliphatic heterocycles. The van der Waals surface area contributed by atoms with Gasteiger partial charge in [-0.05, 0) is 32.6 Å². The average Bonchev–Trinajstić information content (AvgIpc) is 2.78. The second-order valence-corrected chi connectivity index (χ2v) is 4.84. The minimum Gasteiger partial charge on any atom is -0.381 e. The van der Waals surface area contributed by atoms with E-state index in [2.05, 4.69) is 15.3 Å². The van der Waals surface area contributed by atoms with Crippen LogP contribution in [0, 0.1) is 19.8 Å². The molecular formula is C12H18ClN3O. The first-order chi connectivity index (χ1) is 8.16. The maximum Gasteiger partial charge on any atom is 0.137 e. The summed E-state index contributed by atoms with van der Waals surface area (Å²) in [6.07, 6.45) is 2.28. The molecule has 0 bridgehead atoms. The van der Waals surface area contributed by atoms with Gasteiger partial charge in [0, 0.05) is 25.3 Å². The summed E-state index contributed by atoms with van der Waals surface area (Å²) in [5, 5.41) is 3.86. The first-order valence-corrected chi connectivity index (χ1v) is 6.37. The van der Waals surface area contributed by atoms with Gasteiger partial charge in [-0.3, -0.25) is 0 Å². The number of hydrogen-bond acceptors (Lipinski definition) is 4. The Morgan fingerprint density at radius 2 is 2.24 bits per heavy atom. The Morgan fingerprint density at radius 3 is 2.94 bits per heavy atom. The van der Waals surface area contributed by atoms with Crippen LogP contribution in [0.2, 0.25) is 5.15 Å². The molecule has 1 aliphatic rings. The van der Waals surface area contributed by atoms with Crippen molar-refractivity contribution in [2.24, 2.45) is 5.92 Å². The molecule has 2 heterocycles. The van der Waals surface area contributed by atoms with Crippen molar-refractivity contribution in [3.05, 3.63) is 16.5 Å². The van der Waals surface area contributed by atoms with E-state index in [-0.39, 0.29) is 0 Å². The number of halogens is 1. The van der Waals surface area contributed by atoms with Crippen LogP contribution >= 0.6 is 11.6 Å². The molecule has 94 valence electrons. The lowest BCUT2D eigenvalue weighted by atomic mass is 10.1. The van der Waals surface area contributed by atoms with E-state index in [0.29, 0.717) is 16.9 Å². The molecule has 1 unspecified atom stereocenters. The number of ether oxygens (including phenoxy) is 1. The minimum atomic E-state index is 0.532. The predicted molar refractivity (Wildman–Crippen MR) is 68.5 cm³/mol. The van der Waals surface area contributed by atoms with Crippen LogP contribution in [0.4, 0.5) is 5.82 Å². The van der Waals surface area contributed by atoms with Crippen LogP contribution < -0.4 is 5.32 Å². The highest BCUT2D eigenvalue weighted by Crippen LogP contribution is 2.21. The van der Waals surface area contributed by atoms with Gasteiger partial charge in [0.2, 0.25) is 0 Å². The number of nitrogens with one attached hydrogen (secondary N) is 1. The molecule has 0 spiro atoms. The second-order valence-electron chi connectivity index (χ2n) is 4.48. The van der Waals surface area contributed by atoms with Crippen molar-refractivity contribution >= 4 is 17.4 Å². The van der Waals surface area contributed by atoms with Gasteiger partial charge in [-0.1, -0.05) is 11.6 Å². The van der Waals surface area contributed by atoms with Crippen molar-refractivity contribution in [2.75, 3.05) is 25.1 Å². The van der Waals surface area contributed by atoms with Crippen LogP contribution in [0.1, 0.15) is 24.2 Å². The molecule has 0 amide bonds. The maximum atomic E-state index is 6.01. The van der Waals surface area contributed by atoms with E-state index in [1.165, 1.54) is 6.42 Å². The molecule has 1 atom stereocenters. The minimum absolute atomic E-state index is 0.532. The van der Waals surface area contributed by atoms with Crippen molar-refractivity contribution in [1.29, 1.82) is 0 Å². The first-order valence-electron chi connectivity index (χ1n) is 5.99. The quantitative estimate of drug-likeness (QED) is 0.840. The molecule has 17 heavy (non-hydrogen) atoms. The topological polar surface area (TPSA) is 47.0 Å². The lowest BCUT2D eigenvalue weighted by molar-refractivity contribution is 0.185. The van der Waals surface area contributed by atoms with Crippen LogP contribution in [0.5, 0.6) is 0 Å². The summed E-state index contributed by atoms with van der Waals surface area (Å²) < 4.78 is 5.35. The molecule has 0 aliphatic carbocycles. The third-order valence-electron chi connectivity index (χ3n) is 3.07. The lowest BCUT2D eigenvalue weighted by Gasteiger charge is -2.12. The zero-order valence-corrected chi connectivity index (χ0v) is 11.0. The highest BCUT2D eigenvalue weighted by molar-refractivity contribution is 6.30. The molecule has 1 saturated heterocycles. The first kappa shape index (κ1) is 12.6. The van der Waals surface area contributed by atoms with E-state index >= 15 is 0 Å². The van der Waals surface area contributed by atoms with Crippen molar-refractivity contribution in [2.45, 2.75) is 26.7 Å². The van der Waals surface area contributed by atoms with Crippen LogP contribution in [0.3, 0.4) is 0 Å². The van der Waals surface area contributed by atoms with Crippen LogP contribution in [0.15, 0.2) is 0 Å². The van der Waals surface area contributed by atoms with Gasteiger partial charge in [0.05, 0.1) is 0 Å². The Balaban J connectivity index is 1.89. The zero-order chi connectivity index (χ0) is 12.3. The third-order valence-corrected chi connectivity index (χ3v) is 3.44. The number of hydrogen-bond donors (Lipinski definition) is 1. The van der Waals surface area contributed by atoms with Gasteiger partial charge in [0.25, 0.3) is 0 Å². The average molecular weight is 256 g/mol. The van der Waals surface area contributed by atoms with Gasteiger partial charge in [-0.2, -0.15) is 0 Å². The molecule has 1 aromatic heterocycles. The Bertz CT molecular complexity index is 392. The Labute approximate surface area is 107 Å². The van der Waals surface area contributed by atoms with E-state index in [4.69, 9.17) is 16.3 Å².